The van der Waals surface area contributed by atoms with E-state index in [0.717, 1.165) is 0 Å². The van der Waals surface area contributed by atoms with Gasteiger partial charge in [0.1, 0.15) is 0 Å². The van der Waals surface area contributed by atoms with E-state index < -0.39 is 10.0 Å². The number of primary sulfonamides is 1. The number of sulfonamides is 1. The zero-order valence-electron chi connectivity index (χ0n) is 8.69. The van der Waals surface area contributed by atoms with E-state index in [0.29, 0.717) is 5.28 Å². The Kier molecular flexibility index (Phi) is 5.02. The molecule has 0 saturated heterocycles. The Labute approximate surface area is 104 Å². The van der Waals surface area contributed by atoms with Gasteiger partial charge in [0.2, 0.25) is 15.3 Å². The Morgan fingerprint density at radius 2 is 1.53 bits per heavy atom. The van der Waals surface area contributed by atoms with Crippen molar-refractivity contribution in [3.63, 3.8) is 0 Å². The van der Waals surface area contributed by atoms with Crippen molar-refractivity contribution in [1.82, 2.24) is 9.97 Å². The standard InChI is InChI=1S/C6H7NO2S.C4H3ClN2/c7-10(8,9)6-4-2-1-3-5-6;5-4-6-2-1-3-7-4/h1-5H,(H2,7,8,9);1-3H. The number of nitrogens with zero attached hydrogens (tertiary/aromatic N) is 2. The van der Waals surface area contributed by atoms with Gasteiger partial charge in [-0.1, -0.05) is 18.2 Å². The number of aromatic nitrogens is 2. The average molecular weight is 272 g/mol. The molecule has 0 radical (unpaired) electrons. The van der Waals surface area contributed by atoms with Crippen molar-refractivity contribution in [3.05, 3.63) is 54.1 Å². The summed E-state index contributed by atoms with van der Waals surface area (Å²) < 4.78 is 21.2. The van der Waals surface area contributed by atoms with Crippen LogP contribution in [-0.2, 0) is 10.0 Å². The molecule has 0 bridgehead atoms. The van der Waals surface area contributed by atoms with Gasteiger partial charge >= 0.3 is 0 Å². The predicted octanol–water partition coefficient (Wildman–Crippen LogP) is 1.46. The molecule has 2 aromatic rings. The van der Waals surface area contributed by atoms with Gasteiger partial charge in [-0.15, -0.1) is 0 Å². The highest BCUT2D eigenvalue weighted by Crippen LogP contribution is 2.03. The molecule has 7 heteroatoms. The van der Waals surface area contributed by atoms with Crippen molar-refractivity contribution < 1.29 is 8.42 Å². The minimum atomic E-state index is -3.50. The number of nitrogens with two attached hydrogens (primary N) is 1. The molecule has 0 aliphatic carbocycles. The van der Waals surface area contributed by atoms with Crippen LogP contribution in [0.1, 0.15) is 0 Å². The van der Waals surface area contributed by atoms with Crippen molar-refractivity contribution in [3.8, 4) is 0 Å². The largest absolute Gasteiger partial charge is 0.238 e. The molecule has 0 aliphatic heterocycles. The van der Waals surface area contributed by atoms with Gasteiger partial charge in [-0.05, 0) is 29.8 Å². The molecule has 0 unspecified atom stereocenters. The average Bonchev–Trinajstić information content (AvgIpc) is 2.31. The van der Waals surface area contributed by atoms with Gasteiger partial charge in [-0.3, -0.25) is 0 Å². The number of halogens is 1. The molecule has 17 heavy (non-hydrogen) atoms. The molecule has 0 saturated carbocycles. The SMILES string of the molecule is Clc1ncccn1.NS(=O)(=O)c1ccccc1. The number of hydrogen-bond acceptors (Lipinski definition) is 4. The second-order valence-electron chi connectivity index (χ2n) is 2.88. The van der Waals surface area contributed by atoms with Crippen LogP contribution in [0.5, 0.6) is 0 Å². The van der Waals surface area contributed by atoms with Crippen LogP contribution in [0.15, 0.2) is 53.7 Å². The van der Waals surface area contributed by atoms with Crippen LogP contribution in [0.3, 0.4) is 0 Å². The minimum absolute atomic E-state index is 0.148. The molecular weight excluding hydrogens is 262 g/mol. The van der Waals surface area contributed by atoms with E-state index in [1.165, 1.54) is 12.1 Å². The van der Waals surface area contributed by atoms with E-state index in [1.807, 2.05) is 0 Å². The summed E-state index contributed by atoms with van der Waals surface area (Å²) in [6.45, 7) is 0. The first-order chi connectivity index (χ1) is 8.00. The molecule has 0 spiro atoms. The summed E-state index contributed by atoms with van der Waals surface area (Å²) >= 11 is 5.32. The molecule has 0 aliphatic rings. The van der Waals surface area contributed by atoms with Crippen LogP contribution in [0.2, 0.25) is 5.28 Å². The van der Waals surface area contributed by atoms with Gasteiger partial charge in [0.05, 0.1) is 4.90 Å². The smallest absolute Gasteiger partial charge is 0.227 e. The third-order valence-electron chi connectivity index (χ3n) is 1.61. The monoisotopic (exact) mass is 271 g/mol. The zero-order valence-corrected chi connectivity index (χ0v) is 10.3. The van der Waals surface area contributed by atoms with Gasteiger partial charge < -0.3 is 0 Å². The maximum atomic E-state index is 10.6. The fraction of sp³-hybridized carbons (Fsp3) is 0. The number of rotatable bonds is 1. The maximum absolute atomic E-state index is 10.6. The first kappa shape index (κ1) is 13.6. The van der Waals surface area contributed by atoms with Crippen molar-refractivity contribution >= 4 is 21.6 Å². The Hall–Kier alpha value is -1.50. The highest BCUT2D eigenvalue weighted by atomic mass is 35.5. The van der Waals surface area contributed by atoms with E-state index in [9.17, 15) is 8.42 Å². The Bertz CT molecular complexity index is 546. The molecule has 0 atom stereocenters. The summed E-state index contributed by atoms with van der Waals surface area (Å²) in [6.07, 6.45) is 3.19. The summed E-state index contributed by atoms with van der Waals surface area (Å²) in [5.41, 5.74) is 0. The van der Waals surface area contributed by atoms with E-state index in [4.69, 9.17) is 16.7 Å². The van der Waals surface area contributed by atoms with Crippen LogP contribution < -0.4 is 5.14 Å². The van der Waals surface area contributed by atoms with Gasteiger partial charge in [0, 0.05) is 12.4 Å². The third kappa shape index (κ3) is 5.39. The Morgan fingerprint density at radius 1 is 1.00 bits per heavy atom. The van der Waals surface area contributed by atoms with Crippen LogP contribution in [0.25, 0.3) is 0 Å². The molecule has 2 rings (SSSR count). The Balaban J connectivity index is 0.000000181. The van der Waals surface area contributed by atoms with Crippen LogP contribution >= 0.6 is 11.6 Å². The fourth-order valence-electron chi connectivity index (χ4n) is 0.891. The summed E-state index contributed by atoms with van der Waals surface area (Å²) in [5, 5.41) is 5.12. The van der Waals surface area contributed by atoms with Gasteiger partial charge in [0.15, 0.2) is 0 Å². The lowest BCUT2D eigenvalue weighted by atomic mass is 10.4. The molecule has 0 amide bonds. The van der Waals surface area contributed by atoms with Gasteiger partial charge in [-0.2, -0.15) is 0 Å². The van der Waals surface area contributed by atoms with Crippen molar-refractivity contribution in [2.75, 3.05) is 0 Å². The lowest BCUT2D eigenvalue weighted by Gasteiger charge is -1.93. The molecule has 1 heterocycles. The number of benzene rings is 1. The molecule has 0 fully saturated rings. The highest BCUT2D eigenvalue weighted by molar-refractivity contribution is 7.89. The lowest BCUT2D eigenvalue weighted by Crippen LogP contribution is -2.11. The third-order valence-corrected chi connectivity index (χ3v) is 2.73. The molecule has 1 aromatic heterocycles. The second kappa shape index (κ2) is 6.29. The summed E-state index contributed by atoms with van der Waals surface area (Å²) in [6, 6.07) is 9.60. The van der Waals surface area contributed by atoms with Gasteiger partial charge in [0.25, 0.3) is 0 Å². The van der Waals surface area contributed by atoms with Gasteiger partial charge in [-0.25, -0.2) is 23.5 Å². The molecule has 1 aromatic carbocycles. The summed E-state index contributed by atoms with van der Waals surface area (Å²) in [7, 11) is -3.50. The molecule has 90 valence electrons. The van der Waals surface area contributed by atoms with Crippen molar-refractivity contribution in [2.45, 2.75) is 4.90 Å². The first-order valence-electron chi connectivity index (χ1n) is 4.50. The van der Waals surface area contributed by atoms with Crippen LogP contribution in [0, 0.1) is 0 Å². The topological polar surface area (TPSA) is 85.9 Å². The molecule has 5 nitrogen and oxygen atoms in total. The first-order valence-corrected chi connectivity index (χ1v) is 6.43. The zero-order chi connectivity index (χ0) is 12.7. The van der Waals surface area contributed by atoms with Crippen molar-refractivity contribution in [1.29, 1.82) is 0 Å². The van der Waals surface area contributed by atoms with E-state index in [-0.39, 0.29) is 4.90 Å². The van der Waals surface area contributed by atoms with E-state index in [1.54, 1.807) is 36.7 Å². The quantitative estimate of drug-likeness (QED) is 0.796. The second-order valence-corrected chi connectivity index (χ2v) is 4.78. The normalized spacial score (nSPS) is 10.2. The fourth-order valence-corrected chi connectivity index (χ4v) is 1.54. The van der Waals surface area contributed by atoms with Crippen LogP contribution in [0.4, 0.5) is 0 Å². The maximum Gasteiger partial charge on any atom is 0.238 e. The number of hydrogen-bond donors (Lipinski definition) is 1. The van der Waals surface area contributed by atoms with E-state index >= 15 is 0 Å². The summed E-state index contributed by atoms with van der Waals surface area (Å²) in [4.78, 5) is 7.42. The minimum Gasteiger partial charge on any atom is -0.227 e. The lowest BCUT2D eigenvalue weighted by molar-refractivity contribution is 0.598. The van der Waals surface area contributed by atoms with Crippen LogP contribution in [-0.4, -0.2) is 18.4 Å². The molecule has 2 N–H and O–H groups in total. The van der Waals surface area contributed by atoms with E-state index in [2.05, 4.69) is 9.97 Å². The summed E-state index contributed by atoms with van der Waals surface area (Å²) in [5.74, 6) is 0. The highest BCUT2D eigenvalue weighted by Gasteiger charge is 2.03. The van der Waals surface area contributed by atoms with Crippen molar-refractivity contribution in [2.24, 2.45) is 5.14 Å². The predicted molar refractivity (Wildman–Crippen MR) is 64.9 cm³/mol. The Morgan fingerprint density at radius 3 is 1.82 bits per heavy atom. The molecular formula is C10H10ClN3O2S.